The molecule has 1 aromatic rings. The van der Waals surface area contributed by atoms with Crippen molar-refractivity contribution in [1.29, 1.82) is 0 Å². The molecule has 0 fully saturated rings. The Bertz CT molecular complexity index is 346. The molecule has 1 rings (SSSR count). The fraction of sp³-hybridized carbons (Fsp3) is 0.636. The Morgan fingerprint density at radius 1 is 1.38 bits per heavy atom. The van der Waals surface area contributed by atoms with Crippen LogP contribution >= 0.6 is 0 Å². The summed E-state index contributed by atoms with van der Waals surface area (Å²) in [6.45, 7) is 8.84. The van der Waals surface area contributed by atoms with E-state index in [0.29, 0.717) is 24.1 Å². The van der Waals surface area contributed by atoms with Crippen molar-refractivity contribution in [2.75, 3.05) is 12.0 Å². The summed E-state index contributed by atoms with van der Waals surface area (Å²) in [6, 6.07) is 1.70. The Hall–Kier alpha value is -1.36. The van der Waals surface area contributed by atoms with Gasteiger partial charge in [0.2, 0.25) is 5.88 Å². The van der Waals surface area contributed by atoms with Crippen LogP contribution in [0.2, 0.25) is 0 Å². The Morgan fingerprint density at radius 2 is 2.06 bits per heavy atom. The first-order valence-electron chi connectivity index (χ1n) is 5.46. The van der Waals surface area contributed by atoms with Gasteiger partial charge in [-0.05, 0) is 6.42 Å². The molecule has 0 amide bonds. The lowest BCUT2D eigenvalue weighted by Crippen LogP contribution is -2.19. The summed E-state index contributed by atoms with van der Waals surface area (Å²) < 4.78 is 5.49. The molecular formula is C11H20N4O. The molecule has 0 aromatic carbocycles. The predicted octanol–water partition coefficient (Wildman–Crippen LogP) is 1.85. The van der Waals surface area contributed by atoms with E-state index in [-0.39, 0.29) is 5.41 Å². The van der Waals surface area contributed by atoms with E-state index in [1.165, 1.54) is 0 Å². The van der Waals surface area contributed by atoms with Crippen LogP contribution in [-0.2, 0) is 5.41 Å². The monoisotopic (exact) mass is 224 g/mol. The standard InChI is InChI=1S/C11H20N4O/c1-5-6-16-9-7-8(15-12)13-10(14-9)11(2,3)4/h7H,5-6,12H2,1-4H3,(H,13,14,15). The van der Waals surface area contributed by atoms with Crippen molar-refractivity contribution in [3.63, 3.8) is 0 Å². The number of nitrogens with one attached hydrogen (secondary N) is 1. The summed E-state index contributed by atoms with van der Waals surface area (Å²) in [5.41, 5.74) is 2.40. The van der Waals surface area contributed by atoms with E-state index < -0.39 is 0 Å². The van der Waals surface area contributed by atoms with Gasteiger partial charge in [-0.1, -0.05) is 27.7 Å². The summed E-state index contributed by atoms with van der Waals surface area (Å²) in [5, 5.41) is 0. The van der Waals surface area contributed by atoms with Gasteiger partial charge < -0.3 is 10.2 Å². The first-order valence-corrected chi connectivity index (χ1v) is 5.46. The Morgan fingerprint density at radius 3 is 2.56 bits per heavy atom. The smallest absolute Gasteiger partial charge is 0.218 e. The number of hydrogen-bond acceptors (Lipinski definition) is 5. The van der Waals surface area contributed by atoms with E-state index in [1.54, 1.807) is 6.07 Å². The Balaban J connectivity index is 3.01. The van der Waals surface area contributed by atoms with Crippen molar-refractivity contribution in [1.82, 2.24) is 9.97 Å². The van der Waals surface area contributed by atoms with Gasteiger partial charge in [0.05, 0.1) is 6.61 Å². The topological polar surface area (TPSA) is 73.1 Å². The first-order chi connectivity index (χ1) is 7.47. The Kier molecular flexibility index (Phi) is 4.06. The van der Waals surface area contributed by atoms with Crippen LogP contribution in [0.4, 0.5) is 5.82 Å². The summed E-state index contributed by atoms with van der Waals surface area (Å²) in [6.07, 6.45) is 0.945. The molecule has 3 N–H and O–H groups in total. The number of anilines is 1. The molecule has 5 heteroatoms. The summed E-state index contributed by atoms with van der Waals surface area (Å²) in [5.74, 6) is 7.22. The van der Waals surface area contributed by atoms with E-state index in [1.807, 2.05) is 27.7 Å². The fourth-order valence-corrected chi connectivity index (χ4v) is 1.11. The molecule has 1 heterocycles. The van der Waals surface area contributed by atoms with Gasteiger partial charge in [-0.2, -0.15) is 4.98 Å². The van der Waals surface area contributed by atoms with Crippen LogP contribution in [0.1, 0.15) is 39.9 Å². The lowest BCUT2D eigenvalue weighted by molar-refractivity contribution is 0.301. The van der Waals surface area contributed by atoms with Crippen LogP contribution in [0.5, 0.6) is 5.88 Å². The minimum atomic E-state index is -0.128. The molecule has 16 heavy (non-hydrogen) atoms. The van der Waals surface area contributed by atoms with Crippen molar-refractivity contribution in [2.45, 2.75) is 39.5 Å². The van der Waals surface area contributed by atoms with Crippen molar-refractivity contribution >= 4 is 5.82 Å². The second-order valence-electron chi connectivity index (χ2n) is 4.66. The average Bonchev–Trinajstić information content (AvgIpc) is 2.24. The Labute approximate surface area is 96.4 Å². The highest BCUT2D eigenvalue weighted by molar-refractivity contribution is 5.37. The second-order valence-corrected chi connectivity index (χ2v) is 4.66. The van der Waals surface area contributed by atoms with Gasteiger partial charge >= 0.3 is 0 Å². The normalized spacial score (nSPS) is 11.3. The van der Waals surface area contributed by atoms with E-state index in [0.717, 1.165) is 6.42 Å². The molecule has 0 spiro atoms. The molecule has 0 aliphatic rings. The number of aromatic nitrogens is 2. The molecule has 90 valence electrons. The predicted molar refractivity (Wildman–Crippen MR) is 64.3 cm³/mol. The second kappa shape index (κ2) is 5.12. The number of hydrazine groups is 1. The summed E-state index contributed by atoms with van der Waals surface area (Å²) in [7, 11) is 0. The van der Waals surface area contributed by atoms with Crippen LogP contribution in [0, 0.1) is 0 Å². The molecule has 0 saturated heterocycles. The van der Waals surface area contributed by atoms with Crippen LogP contribution in [-0.4, -0.2) is 16.6 Å². The number of nitrogens with two attached hydrogens (primary N) is 1. The number of nitrogens with zero attached hydrogens (tertiary/aromatic N) is 2. The van der Waals surface area contributed by atoms with Crippen molar-refractivity contribution in [3.8, 4) is 5.88 Å². The minimum Gasteiger partial charge on any atom is -0.478 e. The molecule has 0 saturated carbocycles. The van der Waals surface area contributed by atoms with E-state index in [9.17, 15) is 0 Å². The van der Waals surface area contributed by atoms with Gasteiger partial charge in [0.1, 0.15) is 11.6 Å². The lowest BCUT2D eigenvalue weighted by Gasteiger charge is -2.18. The molecular weight excluding hydrogens is 204 g/mol. The molecule has 0 aliphatic heterocycles. The van der Waals surface area contributed by atoms with Crippen LogP contribution in [0.25, 0.3) is 0 Å². The number of ether oxygens (including phenoxy) is 1. The van der Waals surface area contributed by atoms with Crippen LogP contribution in [0.15, 0.2) is 6.07 Å². The number of nitrogen functional groups attached to an aromatic ring is 1. The zero-order valence-corrected chi connectivity index (χ0v) is 10.4. The van der Waals surface area contributed by atoms with E-state index >= 15 is 0 Å². The maximum Gasteiger partial charge on any atom is 0.218 e. The zero-order valence-electron chi connectivity index (χ0n) is 10.4. The van der Waals surface area contributed by atoms with Crippen LogP contribution in [0.3, 0.4) is 0 Å². The third kappa shape index (κ3) is 3.34. The third-order valence-electron chi connectivity index (χ3n) is 1.98. The van der Waals surface area contributed by atoms with Gasteiger partial charge in [-0.25, -0.2) is 10.8 Å². The molecule has 1 aromatic heterocycles. The lowest BCUT2D eigenvalue weighted by atomic mass is 9.96. The number of hydrogen-bond donors (Lipinski definition) is 2. The van der Waals surface area contributed by atoms with Gasteiger partial charge in [0.15, 0.2) is 0 Å². The maximum absolute atomic E-state index is 5.49. The van der Waals surface area contributed by atoms with Crippen molar-refractivity contribution in [2.24, 2.45) is 5.84 Å². The molecule has 5 nitrogen and oxygen atoms in total. The summed E-state index contributed by atoms with van der Waals surface area (Å²) >= 11 is 0. The molecule has 0 aliphatic carbocycles. The third-order valence-corrected chi connectivity index (χ3v) is 1.98. The minimum absolute atomic E-state index is 0.128. The van der Waals surface area contributed by atoms with Crippen LogP contribution < -0.4 is 16.0 Å². The molecule has 0 atom stereocenters. The van der Waals surface area contributed by atoms with E-state index in [4.69, 9.17) is 10.6 Å². The van der Waals surface area contributed by atoms with Gasteiger partial charge in [-0.15, -0.1) is 0 Å². The summed E-state index contributed by atoms with van der Waals surface area (Å²) in [4.78, 5) is 8.67. The van der Waals surface area contributed by atoms with Crippen molar-refractivity contribution in [3.05, 3.63) is 11.9 Å². The highest BCUT2D eigenvalue weighted by Crippen LogP contribution is 2.22. The highest BCUT2D eigenvalue weighted by Gasteiger charge is 2.19. The average molecular weight is 224 g/mol. The van der Waals surface area contributed by atoms with E-state index in [2.05, 4.69) is 15.4 Å². The van der Waals surface area contributed by atoms with Gasteiger partial charge in [0.25, 0.3) is 0 Å². The fourth-order valence-electron chi connectivity index (χ4n) is 1.11. The highest BCUT2D eigenvalue weighted by atomic mass is 16.5. The molecule has 0 bridgehead atoms. The number of rotatable bonds is 4. The van der Waals surface area contributed by atoms with Gasteiger partial charge in [0, 0.05) is 11.5 Å². The SMILES string of the molecule is CCCOc1cc(NN)nc(C(C)(C)C)n1. The first kappa shape index (κ1) is 12.7. The maximum atomic E-state index is 5.49. The largest absolute Gasteiger partial charge is 0.478 e. The van der Waals surface area contributed by atoms with Crippen molar-refractivity contribution < 1.29 is 4.74 Å². The molecule has 0 radical (unpaired) electrons. The quantitative estimate of drug-likeness (QED) is 0.603. The van der Waals surface area contributed by atoms with Gasteiger partial charge in [-0.3, -0.25) is 0 Å². The molecule has 0 unspecified atom stereocenters. The zero-order chi connectivity index (χ0) is 12.2.